The van der Waals surface area contributed by atoms with Crippen molar-refractivity contribution in [2.45, 2.75) is 56.3 Å². The van der Waals surface area contributed by atoms with Crippen molar-refractivity contribution < 1.29 is 14.4 Å². The molecule has 1 saturated carbocycles. The molecule has 0 spiro atoms. The number of carbonyl (C=O) groups excluding carboxylic acids is 3. The quantitative estimate of drug-likeness (QED) is 0.585. The van der Waals surface area contributed by atoms with Crippen molar-refractivity contribution in [1.29, 1.82) is 0 Å². The number of thiazole rings is 1. The van der Waals surface area contributed by atoms with Crippen LogP contribution < -0.4 is 10.2 Å². The first kappa shape index (κ1) is 20.3. The van der Waals surface area contributed by atoms with Crippen LogP contribution in [0, 0.1) is 11.8 Å². The van der Waals surface area contributed by atoms with Crippen molar-refractivity contribution >= 4 is 56.7 Å². The van der Waals surface area contributed by atoms with Gasteiger partial charge in [0.15, 0.2) is 4.34 Å². The molecule has 4 rings (SSSR count). The zero-order chi connectivity index (χ0) is 20.8. The van der Waals surface area contributed by atoms with Gasteiger partial charge in [-0.15, -0.1) is 11.3 Å². The molecule has 2 heterocycles. The zero-order valence-electron chi connectivity index (χ0n) is 16.9. The Hall–Kier alpha value is -1.93. The van der Waals surface area contributed by atoms with Crippen LogP contribution in [-0.2, 0) is 14.4 Å². The summed E-state index contributed by atoms with van der Waals surface area (Å²) in [5, 5.41) is 2.94. The van der Waals surface area contributed by atoms with E-state index in [-0.39, 0.29) is 35.1 Å². The highest BCUT2D eigenvalue weighted by Gasteiger charge is 2.48. The van der Waals surface area contributed by atoms with Gasteiger partial charge in [-0.3, -0.25) is 19.3 Å². The van der Waals surface area contributed by atoms with E-state index in [0.29, 0.717) is 11.4 Å². The molecule has 1 aromatic heterocycles. The molecule has 2 aromatic rings. The van der Waals surface area contributed by atoms with Crippen LogP contribution in [0.25, 0.3) is 10.2 Å². The first-order valence-corrected chi connectivity index (χ1v) is 11.8. The van der Waals surface area contributed by atoms with E-state index in [4.69, 9.17) is 0 Å². The lowest BCUT2D eigenvalue weighted by Crippen LogP contribution is -2.41. The Labute approximate surface area is 178 Å². The van der Waals surface area contributed by atoms with E-state index in [9.17, 15) is 14.4 Å². The number of amides is 3. The van der Waals surface area contributed by atoms with Gasteiger partial charge in [0.05, 0.1) is 33.5 Å². The van der Waals surface area contributed by atoms with Gasteiger partial charge >= 0.3 is 0 Å². The predicted molar refractivity (Wildman–Crippen MR) is 116 cm³/mol. The number of nitrogens with one attached hydrogen (secondary N) is 1. The number of fused-ring (bicyclic) bond motifs is 2. The number of nitrogens with zero attached hydrogens (tertiary/aromatic N) is 2. The number of hydrogen-bond donors (Lipinski definition) is 1. The molecule has 2 aliphatic rings. The molecule has 6 nitrogen and oxygen atoms in total. The molecule has 3 amide bonds. The standard InChI is InChI=1S/C21H25N3O3S2/c1-21(2,3)23-17(25)11-28-20-22-15-9-8-12(10-16(15)29-20)24-18(26)13-6-4-5-7-14(13)19(24)27/h8-10,13-14H,4-7,11H2,1-3H3,(H,23,25)/t13-,14-/m0/s1. The van der Waals surface area contributed by atoms with Crippen molar-refractivity contribution in [3.8, 4) is 0 Å². The Bertz CT molecular complexity index is 955. The summed E-state index contributed by atoms with van der Waals surface area (Å²) in [5.74, 6) is -0.148. The third kappa shape index (κ3) is 4.19. The average Bonchev–Trinajstić information content (AvgIpc) is 3.17. The van der Waals surface area contributed by atoms with Gasteiger partial charge in [0.25, 0.3) is 0 Å². The van der Waals surface area contributed by atoms with E-state index in [2.05, 4.69) is 10.3 Å². The number of aromatic nitrogens is 1. The molecule has 1 N–H and O–H groups in total. The maximum atomic E-state index is 12.8. The highest BCUT2D eigenvalue weighted by atomic mass is 32.2. The van der Waals surface area contributed by atoms with E-state index < -0.39 is 0 Å². The molecule has 0 unspecified atom stereocenters. The van der Waals surface area contributed by atoms with Crippen LogP contribution in [0.4, 0.5) is 5.69 Å². The molecule has 2 atom stereocenters. The van der Waals surface area contributed by atoms with E-state index in [1.165, 1.54) is 28.0 Å². The van der Waals surface area contributed by atoms with Gasteiger partial charge in [0.1, 0.15) is 0 Å². The Morgan fingerprint density at radius 2 is 1.86 bits per heavy atom. The van der Waals surface area contributed by atoms with Crippen molar-refractivity contribution in [3.63, 3.8) is 0 Å². The topological polar surface area (TPSA) is 79.4 Å². The van der Waals surface area contributed by atoms with Crippen LogP contribution >= 0.6 is 23.1 Å². The third-order valence-electron chi connectivity index (χ3n) is 5.29. The van der Waals surface area contributed by atoms with Crippen molar-refractivity contribution in [1.82, 2.24) is 10.3 Å². The van der Waals surface area contributed by atoms with E-state index >= 15 is 0 Å². The first-order valence-electron chi connectivity index (χ1n) is 9.95. The van der Waals surface area contributed by atoms with E-state index in [0.717, 1.165) is 40.2 Å². The molecule has 1 aliphatic heterocycles. The number of benzene rings is 1. The Kier molecular flexibility index (Phi) is 5.42. The van der Waals surface area contributed by atoms with Crippen molar-refractivity contribution in [3.05, 3.63) is 18.2 Å². The molecule has 2 fully saturated rings. The van der Waals surface area contributed by atoms with Gasteiger partial charge in [-0.05, 0) is 51.8 Å². The lowest BCUT2D eigenvalue weighted by Gasteiger charge is -2.19. The molecule has 8 heteroatoms. The highest BCUT2D eigenvalue weighted by Crippen LogP contribution is 2.41. The second-order valence-corrected chi connectivity index (χ2v) is 11.0. The average molecular weight is 432 g/mol. The van der Waals surface area contributed by atoms with Gasteiger partial charge in [-0.25, -0.2) is 4.98 Å². The summed E-state index contributed by atoms with van der Waals surface area (Å²) in [4.78, 5) is 43.6. The number of imide groups is 1. The minimum atomic E-state index is -0.258. The zero-order valence-corrected chi connectivity index (χ0v) is 18.5. The summed E-state index contributed by atoms with van der Waals surface area (Å²) < 4.78 is 1.71. The van der Waals surface area contributed by atoms with Crippen LogP contribution in [0.1, 0.15) is 46.5 Å². The number of thioether (sulfide) groups is 1. The summed E-state index contributed by atoms with van der Waals surface area (Å²) in [6.45, 7) is 5.85. The summed E-state index contributed by atoms with van der Waals surface area (Å²) in [6.07, 6.45) is 3.66. The maximum Gasteiger partial charge on any atom is 0.237 e. The summed E-state index contributed by atoms with van der Waals surface area (Å²) in [7, 11) is 0. The molecule has 154 valence electrons. The molecule has 1 aliphatic carbocycles. The third-order valence-corrected chi connectivity index (χ3v) is 7.45. The molecular weight excluding hydrogens is 406 g/mol. The molecule has 1 aromatic carbocycles. The largest absolute Gasteiger partial charge is 0.351 e. The summed E-state index contributed by atoms with van der Waals surface area (Å²) in [6, 6.07) is 5.53. The van der Waals surface area contributed by atoms with Crippen molar-refractivity contribution in [2.24, 2.45) is 11.8 Å². The SMILES string of the molecule is CC(C)(C)NC(=O)CSc1nc2ccc(N3C(=O)[C@H]4CCCC[C@@H]4C3=O)cc2s1. The van der Waals surface area contributed by atoms with Gasteiger partial charge in [-0.1, -0.05) is 24.6 Å². The van der Waals surface area contributed by atoms with Crippen LogP contribution in [0.3, 0.4) is 0 Å². The fraction of sp³-hybridized carbons (Fsp3) is 0.524. The number of hydrogen-bond acceptors (Lipinski definition) is 6. The lowest BCUT2D eigenvalue weighted by atomic mass is 9.81. The molecule has 1 saturated heterocycles. The van der Waals surface area contributed by atoms with E-state index in [1.807, 2.05) is 32.9 Å². The second kappa shape index (κ2) is 7.72. The fourth-order valence-electron chi connectivity index (χ4n) is 4.09. The van der Waals surface area contributed by atoms with Crippen molar-refractivity contribution in [2.75, 3.05) is 10.7 Å². The van der Waals surface area contributed by atoms with Gasteiger partial charge < -0.3 is 5.32 Å². The maximum absolute atomic E-state index is 12.8. The monoisotopic (exact) mass is 431 g/mol. The number of anilines is 1. The molecule has 0 bridgehead atoms. The Morgan fingerprint density at radius 3 is 2.48 bits per heavy atom. The molecule has 29 heavy (non-hydrogen) atoms. The highest BCUT2D eigenvalue weighted by molar-refractivity contribution is 8.01. The van der Waals surface area contributed by atoms with Crippen LogP contribution in [0.5, 0.6) is 0 Å². The van der Waals surface area contributed by atoms with Crippen LogP contribution in [-0.4, -0.2) is 34.0 Å². The fourth-order valence-corrected chi connectivity index (χ4v) is 5.99. The second-order valence-electron chi connectivity index (χ2n) is 8.73. The molecular formula is C21H25N3O3S2. The number of carbonyl (C=O) groups is 3. The van der Waals surface area contributed by atoms with Gasteiger partial charge in [0, 0.05) is 5.54 Å². The predicted octanol–water partition coefficient (Wildman–Crippen LogP) is 3.98. The smallest absolute Gasteiger partial charge is 0.237 e. The van der Waals surface area contributed by atoms with Gasteiger partial charge in [0.2, 0.25) is 17.7 Å². The minimum Gasteiger partial charge on any atom is -0.351 e. The Balaban J connectivity index is 1.51. The minimum absolute atomic E-state index is 0.0293. The van der Waals surface area contributed by atoms with Crippen LogP contribution in [0.15, 0.2) is 22.5 Å². The molecule has 0 radical (unpaired) electrons. The summed E-state index contributed by atoms with van der Waals surface area (Å²) in [5.41, 5.74) is 1.19. The lowest BCUT2D eigenvalue weighted by molar-refractivity contribution is -0.123. The van der Waals surface area contributed by atoms with Crippen LogP contribution in [0.2, 0.25) is 0 Å². The van der Waals surface area contributed by atoms with Gasteiger partial charge in [-0.2, -0.15) is 0 Å². The Morgan fingerprint density at radius 1 is 1.21 bits per heavy atom. The first-order chi connectivity index (χ1) is 13.7. The summed E-state index contributed by atoms with van der Waals surface area (Å²) >= 11 is 2.88. The normalized spacial score (nSPS) is 22.2. The number of rotatable bonds is 4. The van der Waals surface area contributed by atoms with E-state index in [1.54, 1.807) is 6.07 Å².